The third kappa shape index (κ3) is 3.43. The lowest BCUT2D eigenvalue weighted by molar-refractivity contribution is 0.624. The van der Waals surface area contributed by atoms with Gasteiger partial charge < -0.3 is 0 Å². The molecule has 4 aromatic rings. The monoisotopic (exact) mass is 377 g/mol. The summed E-state index contributed by atoms with van der Waals surface area (Å²) < 4.78 is 14.3. The van der Waals surface area contributed by atoms with Crippen LogP contribution >= 0.6 is 0 Å². The van der Waals surface area contributed by atoms with Crippen molar-refractivity contribution in [2.24, 2.45) is 0 Å². The zero-order valence-corrected chi connectivity index (χ0v) is 15.0. The number of rotatable bonds is 3. The Balaban J connectivity index is 2.04. The smallest absolute Gasteiger partial charge is 0.166 e. The van der Waals surface area contributed by atoms with Crippen molar-refractivity contribution in [2.45, 2.75) is 0 Å². The van der Waals surface area contributed by atoms with Crippen molar-refractivity contribution >= 4 is 0 Å². The van der Waals surface area contributed by atoms with Crippen molar-refractivity contribution in [3.8, 4) is 46.3 Å². The highest BCUT2D eigenvalue weighted by molar-refractivity contribution is 5.75. The van der Waals surface area contributed by atoms with Crippen molar-refractivity contribution in [1.29, 1.82) is 10.5 Å². The lowest BCUT2D eigenvalue weighted by atomic mass is 10.0. The van der Waals surface area contributed by atoms with Gasteiger partial charge >= 0.3 is 0 Å². The number of nitrogens with zero attached hydrogens (tertiary/aromatic N) is 5. The Labute approximate surface area is 166 Å². The van der Waals surface area contributed by atoms with Crippen LogP contribution in [0.4, 0.5) is 4.39 Å². The predicted molar refractivity (Wildman–Crippen MR) is 106 cm³/mol. The number of aromatic nitrogens is 3. The molecule has 0 bridgehead atoms. The van der Waals surface area contributed by atoms with Crippen LogP contribution in [0.5, 0.6) is 0 Å². The Hall–Kier alpha value is -4.42. The van der Waals surface area contributed by atoms with Crippen molar-refractivity contribution in [1.82, 2.24) is 15.0 Å². The van der Waals surface area contributed by atoms with E-state index in [1.807, 2.05) is 72.8 Å². The van der Waals surface area contributed by atoms with Crippen molar-refractivity contribution in [3.05, 3.63) is 89.7 Å². The molecule has 4 rings (SSSR count). The Morgan fingerprint density at radius 1 is 0.621 bits per heavy atom. The molecule has 0 saturated heterocycles. The largest absolute Gasteiger partial charge is 0.208 e. The Morgan fingerprint density at radius 3 is 1.62 bits per heavy atom. The molecule has 0 N–H and O–H groups in total. The fourth-order valence-electron chi connectivity index (χ4n) is 2.93. The predicted octanol–water partition coefficient (Wildman–Crippen LogP) is 4.76. The van der Waals surface area contributed by atoms with E-state index in [9.17, 15) is 14.9 Å². The van der Waals surface area contributed by atoms with E-state index in [-0.39, 0.29) is 22.5 Å². The lowest BCUT2D eigenvalue weighted by Crippen LogP contribution is -2.03. The molecule has 0 saturated carbocycles. The average molecular weight is 377 g/mol. The maximum atomic E-state index is 14.3. The number of hydrogen-bond acceptors (Lipinski definition) is 5. The molecular formula is C23H12FN5. The molecule has 0 fully saturated rings. The molecule has 29 heavy (non-hydrogen) atoms. The minimum atomic E-state index is -0.732. The molecule has 0 aliphatic rings. The maximum Gasteiger partial charge on any atom is 0.166 e. The summed E-state index contributed by atoms with van der Waals surface area (Å²) in [4.78, 5) is 13.5. The minimum Gasteiger partial charge on any atom is -0.208 e. The van der Waals surface area contributed by atoms with Gasteiger partial charge in [0.1, 0.15) is 17.4 Å². The van der Waals surface area contributed by atoms with Gasteiger partial charge in [-0.25, -0.2) is 19.3 Å². The molecule has 0 radical (unpaired) electrons. The van der Waals surface area contributed by atoms with E-state index in [0.717, 1.165) is 17.2 Å². The van der Waals surface area contributed by atoms with Crippen molar-refractivity contribution in [3.63, 3.8) is 0 Å². The average Bonchev–Trinajstić information content (AvgIpc) is 2.79. The van der Waals surface area contributed by atoms with Crippen LogP contribution in [-0.2, 0) is 0 Å². The maximum absolute atomic E-state index is 14.3. The molecule has 1 aromatic heterocycles. The fourth-order valence-corrected chi connectivity index (χ4v) is 2.93. The first-order valence-corrected chi connectivity index (χ1v) is 8.71. The van der Waals surface area contributed by atoms with Crippen LogP contribution in [0.3, 0.4) is 0 Å². The van der Waals surface area contributed by atoms with Gasteiger partial charge in [0, 0.05) is 11.1 Å². The SMILES string of the molecule is N#Cc1ccc(F)c(C#N)c1-c1nc(-c2ccccc2)nc(-c2ccccc2)n1. The summed E-state index contributed by atoms with van der Waals surface area (Å²) in [6, 6.07) is 24.8. The Bertz CT molecular complexity index is 1210. The van der Waals surface area contributed by atoms with E-state index in [1.54, 1.807) is 0 Å². The first-order valence-electron chi connectivity index (χ1n) is 8.71. The highest BCUT2D eigenvalue weighted by Gasteiger charge is 2.20. The standard InChI is InChI=1S/C23H12FN5/c24-19-12-11-17(13-25)20(18(19)14-26)23-28-21(15-7-3-1-4-8-15)27-22(29-23)16-9-5-2-6-10-16/h1-12H. The van der Waals surface area contributed by atoms with E-state index >= 15 is 0 Å². The van der Waals surface area contributed by atoms with Gasteiger partial charge in [0.2, 0.25) is 0 Å². The van der Waals surface area contributed by atoms with Crippen LogP contribution in [0.25, 0.3) is 34.2 Å². The molecule has 3 aromatic carbocycles. The van der Waals surface area contributed by atoms with Crippen LogP contribution in [0.1, 0.15) is 11.1 Å². The van der Waals surface area contributed by atoms with Gasteiger partial charge in [-0.3, -0.25) is 0 Å². The van der Waals surface area contributed by atoms with E-state index in [1.165, 1.54) is 6.07 Å². The molecule has 6 heteroatoms. The molecule has 0 atom stereocenters. The number of nitriles is 2. The molecule has 5 nitrogen and oxygen atoms in total. The van der Waals surface area contributed by atoms with Gasteiger partial charge in [0.25, 0.3) is 0 Å². The summed E-state index contributed by atoms with van der Waals surface area (Å²) >= 11 is 0. The normalized spacial score (nSPS) is 10.2. The summed E-state index contributed by atoms with van der Waals surface area (Å²) in [5.41, 5.74) is 1.38. The van der Waals surface area contributed by atoms with Gasteiger partial charge in [-0.1, -0.05) is 60.7 Å². The second kappa shape index (κ2) is 7.67. The van der Waals surface area contributed by atoms with Crippen LogP contribution in [-0.4, -0.2) is 15.0 Å². The summed E-state index contributed by atoms with van der Waals surface area (Å²) in [5.74, 6) is 0.0766. The van der Waals surface area contributed by atoms with Crippen LogP contribution in [0.15, 0.2) is 72.8 Å². The van der Waals surface area contributed by atoms with Gasteiger partial charge in [-0.15, -0.1) is 0 Å². The van der Waals surface area contributed by atoms with Crippen LogP contribution in [0.2, 0.25) is 0 Å². The van der Waals surface area contributed by atoms with Crippen LogP contribution < -0.4 is 0 Å². The fraction of sp³-hybridized carbons (Fsp3) is 0. The molecule has 1 heterocycles. The zero-order chi connectivity index (χ0) is 20.2. The molecular weight excluding hydrogens is 365 g/mol. The molecule has 0 aliphatic heterocycles. The van der Waals surface area contributed by atoms with Gasteiger partial charge in [0.05, 0.1) is 17.2 Å². The first-order chi connectivity index (χ1) is 14.2. The zero-order valence-electron chi connectivity index (χ0n) is 15.0. The first kappa shape index (κ1) is 18.0. The van der Waals surface area contributed by atoms with Gasteiger partial charge in [0.15, 0.2) is 17.5 Å². The van der Waals surface area contributed by atoms with Gasteiger partial charge in [-0.05, 0) is 12.1 Å². The number of benzene rings is 3. The molecule has 0 amide bonds. The second-order valence-electron chi connectivity index (χ2n) is 6.11. The third-order valence-corrected chi connectivity index (χ3v) is 4.31. The van der Waals surface area contributed by atoms with E-state index in [0.29, 0.717) is 11.6 Å². The van der Waals surface area contributed by atoms with Crippen molar-refractivity contribution in [2.75, 3.05) is 0 Å². The van der Waals surface area contributed by atoms with Gasteiger partial charge in [-0.2, -0.15) is 10.5 Å². The number of hydrogen-bond donors (Lipinski definition) is 0. The summed E-state index contributed by atoms with van der Waals surface area (Å²) in [7, 11) is 0. The Kier molecular flexibility index (Phi) is 4.75. The summed E-state index contributed by atoms with van der Waals surface area (Å²) in [6.07, 6.45) is 0. The van der Waals surface area contributed by atoms with Crippen molar-refractivity contribution < 1.29 is 4.39 Å². The molecule has 136 valence electrons. The highest BCUT2D eigenvalue weighted by Crippen LogP contribution is 2.30. The Morgan fingerprint density at radius 2 is 1.14 bits per heavy atom. The summed E-state index contributed by atoms with van der Waals surface area (Å²) in [6.45, 7) is 0. The van der Waals surface area contributed by atoms with E-state index in [4.69, 9.17) is 0 Å². The lowest BCUT2D eigenvalue weighted by Gasteiger charge is -2.10. The minimum absolute atomic E-state index is 0.0618. The summed E-state index contributed by atoms with van der Waals surface area (Å²) in [5, 5.41) is 19.0. The molecule has 0 spiro atoms. The topological polar surface area (TPSA) is 86.2 Å². The quantitative estimate of drug-likeness (QED) is 0.514. The molecule has 0 aliphatic carbocycles. The van der Waals surface area contributed by atoms with E-state index in [2.05, 4.69) is 15.0 Å². The number of halogens is 1. The second-order valence-corrected chi connectivity index (χ2v) is 6.11. The van der Waals surface area contributed by atoms with Crippen LogP contribution in [0, 0.1) is 28.5 Å². The highest BCUT2D eigenvalue weighted by atomic mass is 19.1. The van der Waals surface area contributed by atoms with E-state index < -0.39 is 5.82 Å². The molecule has 0 unspecified atom stereocenters. The third-order valence-electron chi connectivity index (χ3n) is 4.31.